The van der Waals surface area contributed by atoms with E-state index in [1.54, 1.807) is 0 Å². The third kappa shape index (κ3) is 4.90. The lowest BCUT2D eigenvalue weighted by Crippen LogP contribution is -2.15. The van der Waals surface area contributed by atoms with Crippen molar-refractivity contribution in [3.8, 4) is 5.75 Å². The van der Waals surface area contributed by atoms with Crippen LogP contribution >= 0.6 is 23.0 Å². The summed E-state index contributed by atoms with van der Waals surface area (Å²) in [6, 6.07) is 8.22. The van der Waals surface area contributed by atoms with Gasteiger partial charge in [-0.25, -0.2) is 0 Å². The molecule has 1 fully saturated rings. The molecule has 1 aromatic rings. The summed E-state index contributed by atoms with van der Waals surface area (Å²) in [5, 5.41) is 0. The van der Waals surface area contributed by atoms with Gasteiger partial charge in [-0.1, -0.05) is 31.4 Å². The van der Waals surface area contributed by atoms with Crippen LogP contribution in [0, 0.1) is 5.92 Å². The Hall–Kier alpha value is -0.330. The predicted molar refractivity (Wildman–Crippen MR) is 90.0 cm³/mol. The Balaban J connectivity index is 1.91. The van der Waals surface area contributed by atoms with Crippen molar-refractivity contribution < 1.29 is 7.80 Å². The number of hydrogen-bond donors (Lipinski definition) is 1. The summed E-state index contributed by atoms with van der Waals surface area (Å²) in [5.74, 6) is 1.68. The lowest BCUT2D eigenvalue weighted by Gasteiger charge is -2.22. The maximum atomic E-state index is 5.97. The molecule has 112 valence electrons. The fourth-order valence-electron chi connectivity index (χ4n) is 2.79. The van der Waals surface area contributed by atoms with Crippen LogP contribution in [0.5, 0.6) is 5.75 Å². The quantitative estimate of drug-likeness (QED) is 0.703. The van der Waals surface area contributed by atoms with E-state index in [1.165, 1.54) is 32.1 Å². The molecule has 1 aliphatic rings. The van der Waals surface area contributed by atoms with Gasteiger partial charge in [0, 0.05) is 0 Å². The third-order valence-corrected chi connectivity index (χ3v) is 4.59. The van der Waals surface area contributed by atoms with Gasteiger partial charge in [-0.15, -0.1) is 0 Å². The lowest BCUT2D eigenvalue weighted by atomic mass is 9.90. The first-order chi connectivity index (χ1) is 9.83. The van der Waals surface area contributed by atoms with Crippen LogP contribution in [-0.4, -0.2) is 13.2 Å². The number of halogens is 1. The summed E-state index contributed by atoms with van der Waals surface area (Å²) in [5.41, 5.74) is 6.77. The minimum absolute atomic E-state index is 0.0545. The molecule has 2 rings (SSSR count). The molecular formula is C16H24INO2. The first-order valence-electron chi connectivity index (χ1n) is 7.53. The maximum absolute atomic E-state index is 5.97. The fourth-order valence-corrected chi connectivity index (χ4v) is 3.33. The summed E-state index contributed by atoms with van der Waals surface area (Å²) >= 11 is 1.95. The first kappa shape index (κ1) is 16.0. The van der Waals surface area contributed by atoms with Gasteiger partial charge in [0.15, 0.2) is 0 Å². The smallest absolute Gasteiger partial charge is 0.119 e. The molecule has 0 aromatic heterocycles. The Morgan fingerprint density at radius 3 is 2.75 bits per heavy atom. The third-order valence-electron chi connectivity index (χ3n) is 3.98. The SMILES string of the molecule is NCC[C@@H](OI)c1cccc(OCC2CCCCC2)c1. The zero-order valence-corrected chi connectivity index (χ0v) is 14.1. The predicted octanol–water partition coefficient (Wildman–Crippen LogP) is 4.40. The minimum atomic E-state index is 0.0545. The molecule has 0 aliphatic heterocycles. The van der Waals surface area contributed by atoms with Crippen LogP contribution in [0.3, 0.4) is 0 Å². The van der Waals surface area contributed by atoms with Crippen LogP contribution < -0.4 is 10.5 Å². The molecule has 1 saturated carbocycles. The molecule has 0 saturated heterocycles. The van der Waals surface area contributed by atoms with Crippen molar-refractivity contribution >= 4 is 23.0 Å². The molecule has 0 bridgehead atoms. The second-order valence-electron chi connectivity index (χ2n) is 5.54. The van der Waals surface area contributed by atoms with Gasteiger partial charge in [0.2, 0.25) is 0 Å². The molecule has 0 amide bonds. The molecular weight excluding hydrogens is 365 g/mol. The monoisotopic (exact) mass is 389 g/mol. The summed E-state index contributed by atoms with van der Waals surface area (Å²) in [4.78, 5) is 0. The molecule has 20 heavy (non-hydrogen) atoms. The highest BCUT2D eigenvalue weighted by Crippen LogP contribution is 2.28. The number of ether oxygens (including phenoxy) is 1. The molecule has 3 nitrogen and oxygen atoms in total. The molecule has 1 aromatic carbocycles. The lowest BCUT2D eigenvalue weighted by molar-refractivity contribution is 0.208. The van der Waals surface area contributed by atoms with Crippen LogP contribution in [0.4, 0.5) is 0 Å². The highest BCUT2D eigenvalue weighted by Gasteiger charge is 2.15. The summed E-state index contributed by atoms with van der Waals surface area (Å²) < 4.78 is 11.4. The van der Waals surface area contributed by atoms with Crippen molar-refractivity contribution in [3.05, 3.63) is 29.8 Å². The normalized spacial score (nSPS) is 17.9. The zero-order chi connectivity index (χ0) is 14.2. The fraction of sp³-hybridized carbons (Fsp3) is 0.625. The van der Waals surface area contributed by atoms with Crippen LogP contribution in [0.1, 0.15) is 50.2 Å². The molecule has 0 heterocycles. The molecule has 0 radical (unpaired) electrons. The zero-order valence-electron chi connectivity index (χ0n) is 11.9. The molecule has 0 unspecified atom stereocenters. The molecule has 1 aliphatic carbocycles. The Kier molecular flexibility index (Phi) is 7.10. The molecule has 0 spiro atoms. The Morgan fingerprint density at radius 2 is 2.05 bits per heavy atom. The van der Waals surface area contributed by atoms with Crippen molar-refractivity contribution in [1.29, 1.82) is 0 Å². The summed E-state index contributed by atoms with van der Waals surface area (Å²) in [7, 11) is 0. The van der Waals surface area contributed by atoms with E-state index in [2.05, 4.69) is 12.1 Å². The van der Waals surface area contributed by atoms with Gasteiger partial charge in [0.25, 0.3) is 0 Å². The van der Waals surface area contributed by atoms with Crippen molar-refractivity contribution in [1.82, 2.24) is 0 Å². The average molecular weight is 389 g/mol. The van der Waals surface area contributed by atoms with Gasteiger partial charge in [-0.05, 0) is 49.4 Å². The van der Waals surface area contributed by atoms with E-state index in [1.807, 2.05) is 35.1 Å². The van der Waals surface area contributed by atoms with Gasteiger partial charge in [0.05, 0.1) is 12.7 Å². The van der Waals surface area contributed by atoms with Crippen molar-refractivity contribution in [3.63, 3.8) is 0 Å². The van der Waals surface area contributed by atoms with Crippen molar-refractivity contribution in [2.75, 3.05) is 13.2 Å². The number of benzene rings is 1. The Bertz CT molecular complexity index is 394. The largest absolute Gasteiger partial charge is 0.493 e. The maximum Gasteiger partial charge on any atom is 0.119 e. The van der Waals surface area contributed by atoms with Gasteiger partial charge in [-0.3, -0.25) is 0 Å². The molecule has 4 heteroatoms. The van der Waals surface area contributed by atoms with Gasteiger partial charge >= 0.3 is 0 Å². The van der Waals surface area contributed by atoms with Gasteiger partial charge in [-0.2, -0.15) is 0 Å². The molecule has 1 atom stereocenters. The standard InChI is InChI=1S/C16H24INO2/c17-20-16(9-10-18)14-7-4-8-15(11-14)19-12-13-5-2-1-3-6-13/h4,7-8,11,13,16H,1-3,5-6,9-10,12,18H2/t16-/m1/s1. The van der Waals surface area contributed by atoms with E-state index in [-0.39, 0.29) is 6.10 Å². The number of nitrogens with two attached hydrogens (primary N) is 1. The second kappa shape index (κ2) is 8.85. The first-order valence-corrected chi connectivity index (χ1v) is 8.41. The minimum Gasteiger partial charge on any atom is -0.493 e. The van der Waals surface area contributed by atoms with Gasteiger partial charge < -0.3 is 13.5 Å². The van der Waals surface area contributed by atoms with Crippen LogP contribution in [0.2, 0.25) is 0 Å². The number of rotatable bonds is 7. The van der Waals surface area contributed by atoms with E-state index >= 15 is 0 Å². The van der Waals surface area contributed by atoms with E-state index in [0.29, 0.717) is 6.54 Å². The van der Waals surface area contributed by atoms with Crippen LogP contribution in [0.15, 0.2) is 24.3 Å². The highest BCUT2D eigenvalue weighted by atomic mass is 127. The van der Waals surface area contributed by atoms with Crippen molar-refractivity contribution in [2.24, 2.45) is 11.7 Å². The molecule has 2 N–H and O–H groups in total. The summed E-state index contributed by atoms with van der Waals surface area (Å²) in [6.45, 7) is 1.47. The number of hydrogen-bond acceptors (Lipinski definition) is 3. The van der Waals surface area contributed by atoms with Gasteiger partial charge in [0.1, 0.15) is 28.8 Å². The Labute approximate surface area is 135 Å². The van der Waals surface area contributed by atoms with E-state index in [0.717, 1.165) is 30.3 Å². The van der Waals surface area contributed by atoms with Crippen LogP contribution in [0.25, 0.3) is 0 Å². The average Bonchev–Trinajstić information content (AvgIpc) is 2.52. The second-order valence-corrected chi connectivity index (χ2v) is 6.05. The topological polar surface area (TPSA) is 44.5 Å². The highest BCUT2D eigenvalue weighted by molar-refractivity contribution is 14.1. The van der Waals surface area contributed by atoms with E-state index in [4.69, 9.17) is 13.5 Å². The van der Waals surface area contributed by atoms with Crippen molar-refractivity contribution in [2.45, 2.75) is 44.6 Å². The summed E-state index contributed by atoms with van der Waals surface area (Å²) in [6.07, 6.45) is 7.61. The van der Waals surface area contributed by atoms with E-state index < -0.39 is 0 Å². The van der Waals surface area contributed by atoms with E-state index in [9.17, 15) is 0 Å². The van der Waals surface area contributed by atoms with Crippen LogP contribution in [-0.2, 0) is 3.07 Å². The Morgan fingerprint density at radius 1 is 1.25 bits per heavy atom.